The van der Waals surface area contributed by atoms with E-state index in [1.54, 1.807) is 23.5 Å². The minimum absolute atomic E-state index is 0.0516. The van der Waals surface area contributed by atoms with Crippen LogP contribution >= 0.6 is 11.3 Å². The third-order valence-corrected chi connectivity index (χ3v) is 7.79. The molecule has 2 saturated heterocycles. The molecule has 0 saturated carbocycles. The van der Waals surface area contributed by atoms with Crippen molar-refractivity contribution in [3.8, 4) is 0 Å². The lowest BCUT2D eigenvalue weighted by atomic mass is 9.85. The van der Waals surface area contributed by atoms with Gasteiger partial charge in [-0.3, -0.25) is 9.59 Å². The van der Waals surface area contributed by atoms with Crippen LogP contribution in [0.25, 0.3) is 0 Å². The summed E-state index contributed by atoms with van der Waals surface area (Å²) in [5, 5.41) is 2.00. The minimum atomic E-state index is -0.318. The topological polar surface area (TPSA) is 43.9 Å². The van der Waals surface area contributed by atoms with Gasteiger partial charge < -0.3 is 14.7 Å². The molecule has 3 heterocycles. The smallest absolute Gasteiger partial charge is 0.228 e. The lowest BCUT2D eigenvalue weighted by Crippen LogP contribution is -2.54. The van der Waals surface area contributed by atoms with Crippen LogP contribution in [0.5, 0.6) is 0 Å². The zero-order valence-electron chi connectivity index (χ0n) is 19.2. The van der Waals surface area contributed by atoms with E-state index < -0.39 is 0 Å². The van der Waals surface area contributed by atoms with Crippen molar-refractivity contribution in [2.45, 2.75) is 25.8 Å². The molecule has 176 valence electrons. The number of para-hydroxylation sites is 1. The second kappa shape index (κ2) is 9.58. The first-order chi connectivity index (χ1) is 16.5. The average Bonchev–Trinajstić information content (AvgIpc) is 3.39. The van der Waals surface area contributed by atoms with Crippen LogP contribution in [-0.4, -0.2) is 42.9 Å². The van der Waals surface area contributed by atoms with Gasteiger partial charge >= 0.3 is 0 Å². The normalized spacial score (nSPS) is 21.1. The predicted molar refractivity (Wildman–Crippen MR) is 134 cm³/mol. The summed E-state index contributed by atoms with van der Waals surface area (Å²) >= 11 is 1.59. The van der Waals surface area contributed by atoms with Crippen LogP contribution in [0.1, 0.15) is 29.3 Å². The number of carbonyl (C=O) groups is 2. The molecule has 2 aliphatic heterocycles. The molecule has 2 aliphatic rings. The van der Waals surface area contributed by atoms with Gasteiger partial charge in [0.1, 0.15) is 5.82 Å². The number of piperazine rings is 1. The number of thiophene rings is 1. The summed E-state index contributed by atoms with van der Waals surface area (Å²) in [6.07, 6.45) is 0.886. The molecule has 2 unspecified atom stereocenters. The van der Waals surface area contributed by atoms with E-state index in [9.17, 15) is 14.0 Å². The molecule has 5 rings (SSSR count). The summed E-state index contributed by atoms with van der Waals surface area (Å²) in [6.45, 7) is 4.28. The SMILES string of the molecule is Cc1ccc(N2C(=O)CCC(C(=O)N3CCN(c4ccccc4F)CC3)C2c2cccs2)cc1. The van der Waals surface area contributed by atoms with Crippen molar-refractivity contribution in [1.82, 2.24) is 4.90 Å². The number of rotatable bonds is 4. The Bertz CT molecular complexity index is 1160. The standard InChI is InChI=1S/C27H28FN3O2S/c1-19-8-10-20(11-9-19)31-25(32)13-12-21(26(31)24-7-4-18-34-24)27(33)30-16-14-29(15-17-30)23-6-3-2-5-22(23)28/h2-11,18,21,26H,12-17H2,1H3. The average molecular weight is 478 g/mol. The maximum atomic E-state index is 14.2. The molecule has 0 bridgehead atoms. The number of aryl methyl sites for hydroxylation is 1. The number of hydrogen-bond acceptors (Lipinski definition) is 4. The molecule has 1 aromatic heterocycles. The molecule has 34 heavy (non-hydrogen) atoms. The Morgan fingerprint density at radius 3 is 2.38 bits per heavy atom. The second-order valence-corrected chi connectivity index (χ2v) is 9.95. The molecule has 0 N–H and O–H groups in total. The molecule has 2 atom stereocenters. The van der Waals surface area contributed by atoms with Crippen molar-refractivity contribution in [3.63, 3.8) is 0 Å². The largest absolute Gasteiger partial charge is 0.366 e. The lowest BCUT2D eigenvalue weighted by molar-refractivity contribution is -0.138. The van der Waals surface area contributed by atoms with Gasteiger partial charge in [-0.25, -0.2) is 4.39 Å². The molecule has 2 fully saturated rings. The van der Waals surface area contributed by atoms with Gasteiger partial charge in [0.05, 0.1) is 17.6 Å². The van der Waals surface area contributed by atoms with Crippen LogP contribution in [0.2, 0.25) is 0 Å². The zero-order valence-corrected chi connectivity index (χ0v) is 20.0. The first-order valence-corrected chi connectivity index (χ1v) is 12.6. The lowest BCUT2D eigenvalue weighted by Gasteiger charge is -2.43. The number of hydrogen-bond donors (Lipinski definition) is 0. The van der Waals surface area contributed by atoms with Crippen molar-refractivity contribution < 1.29 is 14.0 Å². The van der Waals surface area contributed by atoms with Crippen LogP contribution in [0, 0.1) is 18.7 Å². The Kier molecular flexibility index (Phi) is 6.37. The van der Waals surface area contributed by atoms with E-state index in [0.29, 0.717) is 44.7 Å². The maximum Gasteiger partial charge on any atom is 0.228 e. The number of nitrogens with zero attached hydrogens (tertiary/aromatic N) is 3. The fourth-order valence-corrected chi connectivity index (χ4v) is 5.94. The highest BCUT2D eigenvalue weighted by Crippen LogP contribution is 2.42. The highest BCUT2D eigenvalue weighted by atomic mass is 32.1. The fourth-order valence-electron chi connectivity index (χ4n) is 5.06. The van der Waals surface area contributed by atoms with Crippen LogP contribution in [0.15, 0.2) is 66.0 Å². The first-order valence-electron chi connectivity index (χ1n) is 11.7. The number of halogens is 1. The molecule has 0 radical (unpaired) electrons. The van der Waals surface area contributed by atoms with E-state index in [-0.39, 0.29) is 29.6 Å². The predicted octanol–water partition coefficient (Wildman–Crippen LogP) is 5.03. The van der Waals surface area contributed by atoms with Crippen molar-refractivity contribution in [3.05, 3.63) is 82.3 Å². The minimum Gasteiger partial charge on any atom is -0.366 e. The summed E-state index contributed by atoms with van der Waals surface area (Å²) in [6, 6.07) is 18.4. The van der Waals surface area contributed by atoms with Crippen molar-refractivity contribution in [1.29, 1.82) is 0 Å². The molecule has 2 amide bonds. The molecule has 5 nitrogen and oxygen atoms in total. The Morgan fingerprint density at radius 1 is 0.971 bits per heavy atom. The van der Waals surface area contributed by atoms with Gasteiger partial charge in [0.15, 0.2) is 0 Å². The summed E-state index contributed by atoms with van der Waals surface area (Å²) < 4.78 is 14.2. The first kappa shape index (κ1) is 22.6. The van der Waals surface area contributed by atoms with E-state index in [0.717, 1.165) is 16.1 Å². The Morgan fingerprint density at radius 2 is 1.71 bits per heavy atom. The molecule has 0 aliphatic carbocycles. The van der Waals surface area contributed by atoms with E-state index in [1.807, 2.05) is 69.5 Å². The molecule has 2 aromatic carbocycles. The quantitative estimate of drug-likeness (QED) is 0.530. The highest BCUT2D eigenvalue weighted by molar-refractivity contribution is 7.10. The summed E-state index contributed by atoms with van der Waals surface area (Å²) in [4.78, 5) is 33.7. The van der Waals surface area contributed by atoms with Crippen LogP contribution < -0.4 is 9.80 Å². The third kappa shape index (κ3) is 4.32. The number of piperidine rings is 1. The van der Waals surface area contributed by atoms with E-state index in [2.05, 4.69) is 0 Å². The monoisotopic (exact) mass is 477 g/mol. The molecule has 3 aromatic rings. The van der Waals surface area contributed by atoms with E-state index in [1.165, 1.54) is 6.07 Å². The van der Waals surface area contributed by atoms with E-state index in [4.69, 9.17) is 0 Å². The van der Waals surface area contributed by atoms with Gasteiger partial charge in [-0.1, -0.05) is 35.9 Å². The number of benzene rings is 2. The van der Waals surface area contributed by atoms with Gasteiger partial charge in [0.25, 0.3) is 0 Å². The Hall–Kier alpha value is -3.19. The van der Waals surface area contributed by atoms with Crippen molar-refractivity contribution in [2.75, 3.05) is 36.0 Å². The number of amides is 2. The highest BCUT2D eigenvalue weighted by Gasteiger charge is 2.43. The van der Waals surface area contributed by atoms with Gasteiger partial charge in [-0.2, -0.15) is 0 Å². The molecular weight excluding hydrogens is 449 g/mol. The van der Waals surface area contributed by atoms with Gasteiger partial charge in [0, 0.05) is 43.2 Å². The number of anilines is 2. The van der Waals surface area contributed by atoms with Crippen LogP contribution in [0.3, 0.4) is 0 Å². The van der Waals surface area contributed by atoms with Crippen LogP contribution in [-0.2, 0) is 9.59 Å². The zero-order chi connectivity index (χ0) is 23.7. The summed E-state index contributed by atoms with van der Waals surface area (Å²) in [7, 11) is 0. The summed E-state index contributed by atoms with van der Waals surface area (Å²) in [5.41, 5.74) is 2.54. The molecule has 0 spiro atoms. The van der Waals surface area contributed by atoms with Crippen molar-refractivity contribution >= 4 is 34.5 Å². The van der Waals surface area contributed by atoms with Gasteiger partial charge in [-0.05, 0) is 49.1 Å². The maximum absolute atomic E-state index is 14.2. The third-order valence-electron chi connectivity index (χ3n) is 6.85. The molecule has 7 heteroatoms. The summed E-state index contributed by atoms with van der Waals surface area (Å²) in [5.74, 6) is -0.413. The second-order valence-electron chi connectivity index (χ2n) is 8.97. The Labute approximate surface area is 203 Å². The van der Waals surface area contributed by atoms with Gasteiger partial charge in [0.2, 0.25) is 11.8 Å². The number of carbonyl (C=O) groups excluding carboxylic acids is 2. The van der Waals surface area contributed by atoms with Gasteiger partial charge in [-0.15, -0.1) is 11.3 Å². The van der Waals surface area contributed by atoms with Crippen molar-refractivity contribution in [2.24, 2.45) is 5.92 Å². The Balaban J connectivity index is 1.38. The fraction of sp³-hybridized carbons (Fsp3) is 0.333. The van der Waals surface area contributed by atoms with Crippen LogP contribution in [0.4, 0.5) is 15.8 Å². The van der Waals surface area contributed by atoms with E-state index >= 15 is 0 Å². The molecular formula is C27H28FN3O2S.